The van der Waals surface area contributed by atoms with Crippen LogP contribution in [0, 0.1) is 11.8 Å². The average molecular weight is 199 g/mol. The summed E-state index contributed by atoms with van der Waals surface area (Å²) in [6, 6.07) is 0. The van der Waals surface area contributed by atoms with Crippen LogP contribution in [-0.2, 0) is 19.1 Å². The van der Waals surface area contributed by atoms with E-state index >= 15 is 0 Å². The predicted octanol–water partition coefficient (Wildman–Crippen LogP) is -0.342. The van der Waals surface area contributed by atoms with E-state index in [0.717, 1.165) is 0 Å². The second-order valence-electron chi connectivity index (χ2n) is 3.83. The highest BCUT2D eigenvalue weighted by Gasteiger charge is 2.53. The highest BCUT2D eigenvalue weighted by atomic mass is 16.7. The summed E-state index contributed by atoms with van der Waals surface area (Å²) in [5.41, 5.74) is 0. The van der Waals surface area contributed by atoms with E-state index in [9.17, 15) is 9.59 Å². The van der Waals surface area contributed by atoms with Crippen LogP contribution in [0.3, 0.4) is 0 Å². The number of hydrogen-bond acceptors (Lipinski definition) is 4. The molecule has 5 heteroatoms. The first-order valence-corrected chi connectivity index (χ1v) is 4.67. The summed E-state index contributed by atoms with van der Waals surface area (Å²) in [6.45, 7) is 4.36. The Balaban J connectivity index is 2.24. The van der Waals surface area contributed by atoms with Gasteiger partial charge in [-0.2, -0.15) is 0 Å². The Labute approximate surface area is 81.7 Å². The van der Waals surface area contributed by atoms with Crippen molar-refractivity contribution in [3.8, 4) is 0 Å². The zero-order chi connectivity index (χ0) is 10.3. The molecule has 2 saturated heterocycles. The quantitative estimate of drug-likeness (QED) is 0.587. The number of rotatable bonds is 1. The Morgan fingerprint density at radius 2 is 1.86 bits per heavy atom. The lowest BCUT2D eigenvalue weighted by Crippen LogP contribution is -2.42. The van der Waals surface area contributed by atoms with E-state index in [2.05, 4.69) is 5.32 Å². The number of nitrogens with one attached hydrogen (secondary N) is 1. The Kier molecular flexibility index (Phi) is 2.08. The minimum atomic E-state index is -0.935. The fourth-order valence-corrected chi connectivity index (χ4v) is 2.09. The van der Waals surface area contributed by atoms with Crippen molar-refractivity contribution in [3.63, 3.8) is 0 Å². The summed E-state index contributed by atoms with van der Waals surface area (Å²) in [7, 11) is 0. The second-order valence-corrected chi connectivity index (χ2v) is 3.83. The average Bonchev–Trinajstić information content (AvgIpc) is 2.60. The molecule has 2 aliphatic heterocycles. The van der Waals surface area contributed by atoms with Crippen LogP contribution in [0.5, 0.6) is 0 Å². The number of carbonyl (C=O) groups excluding carboxylic acids is 2. The second kappa shape index (κ2) is 3.03. The summed E-state index contributed by atoms with van der Waals surface area (Å²) in [6.07, 6.45) is 0. The van der Waals surface area contributed by atoms with E-state index in [0.29, 0.717) is 13.2 Å². The summed E-state index contributed by atoms with van der Waals surface area (Å²) < 4.78 is 10.8. The minimum absolute atomic E-state index is 0.250. The van der Waals surface area contributed by atoms with Crippen molar-refractivity contribution in [1.82, 2.24) is 5.32 Å². The third-order valence-corrected chi connectivity index (χ3v) is 2.87. The fourth-order valence-electron chi connectivity index (χ4n) is 2.09. The van der Waals surface area contributed by atoms with Crippen LogP contribution >= 0.6 is 0 Å². The maximum absolute atomic E-state index is 11.5. The molecule has 0 aromatic rings. The smallest absolute Gasteiger partial charge is 0.235 e. The number of amides is 2. The molecule has 78 valence electrons. The maximum atomic E-state index is 11.5. The van der Waals surface area contributed by atoms with Gasteiger partial charge in [0.15, 0.2) is 5.79 Å². The molecule has 0 saturated carbocycles. The third-order valence-electron chi connectivity index (χ3n) is 2.87. The standard InChI is InChI=1S/C9H13NO4/c1-5-6(8(12)10-7(5)11)9(2)13-3-4-14-9/h5-6H,3-4H2,1-2H3,(H,10,11,12). The molecular formula is C9H13NO4. The number of imide groups is 1. The molecule has 2 amide bonds. The maximum Gasteiger partial charge on any atom is 0.235 e. The Hall–Kier alpha value is -0.940. The molecule has 2 aliphatic rings. The van der Waals surface area contributed by atoms with E-state index < -0.39 is 11.7 Å². The van der Waals surface area contributed by atoms with Gasteiger partial charge in [-0.15, -0.1) is 0 Å². The van der Waals surface area contributed by atoms with Gasteiger partial charge in [0.25, 0.3) is 0 Å². The molecule has 5 nitrogen and oxygen atoms in total. The molecular weight excluding hydrogens is 186 g/mol. The zero-order valence-electron chi connectivity index (χ0n) is 8.20. The van der Waals surface area contributed by atoms with Gasteiger partial charge in [0.1, 0.15) is 5.92 Å². The highest BCUT2D eigenvalue weighted by Crippen LogP contribution is 2.35. The van der Waals surface area contributed by atoms with E-state index in [1.807, 2.05) is 0 Å². The molecule has 0 aromatic heterocycles. The molecule has 0 bridgehead atoms. The molecule has 2 unspecified atom stereocenters. The highest BCUT2D eigenvalue weighted by molar-refractivity contribution is 6.05. The van der Waals surface area contributed by atoms with Crippen LogP contribution in [0.2, 0.25) is 0 Å². The first-order chi connectivity index (χ1) is 6.54. The topological polar surface area (TPSA) is 64.6 Å². The predicted molar refractivity (Wildman–Crippen MR) is 46.1 cm³/mol. The molecule has 0 aliphatic carbocycles. The van der Waals surface area contributed by atoms with E-state index in [4.69, 9.17) is 9.47 Å². The van der Waals surface area contributed by atoms with Gasteiger partial charge in [0, 0.05) is 0 Å². The number of hydrogen-bond donors (Lipinski definition) is 1. The largest absolute Gasteiger partial charge is 0.347 e. The lowest BCUT2D eigenvalue weighted by atomic mass is 9.89. The molecule has 2 atom stereocenters. The van der Waals surface area contributed by atoms with Gasteiger partial charge >= 0.3 is 0 Å². The van der Waals surface area contributed by atoms with Crippen LogP contribution in [0.25, 0.3) is 0 Å². The number of carbonyl (C=O) groups is 2. The van der Waals surface area contributed by atoms with E-state index in [1.165, 1.54) is 0 Å². The van der Waals surface area contributed by atoms with Crippen LogP contribution in [0.4, 0.5) is 0 Å². The van der Waals surface area contributed by atoms with Gasteiger partial charge in [-0.3, -0.25) is 14.9 Å². The summed E-state index contributed by atoms with van der Waals surface area (Å²) >= 11 is 0. The summed E-state index contributed by atoms with van der Waals surface area (Å²) in [4.78, 5) is 22.7. The first kappa shape index (κ1) is 9.61. The van der Waals surface area contributed by atoms with Gasteiger partial charge in [0.05, 0.1) is 19.1 Å². The SMILES string of the molecule is CC1C(=O)NC(=O)C1C1(C)OCCO1. The number of ether oxygens (including phenoxy) is 2. The monoisotopic (exact) mass is 199 g/mol. The van der Waals surface area contributed by atoms with Gasteiger partial charge < -0.3 is 9.47 Å². The van der Waals surface area contributed by atoms with Crippen molar-refractivity contribution in [1.29, 1.82) is 0 Å². The summed E-state index contributed by atoms with van der Waals surface area (Å²) in [5.74, 6) is -2.40. The molecule has 2 heterocycles. The van der Waals surface area contributed by atoms with Crippen molar-refractivity contribution in [3.05, 3.63) is 0 Å². The van der Waals surface area contributed by atoms with Crippen LogP contribution in [0.1, 0.15) is 13.8 Å². The molecule has 0 radical (unpaired) electrons. The summed E-state index contributed by atoms with van der Waals surface area (Å²) in [5, 5.41) is 2.28. The van der Waals surface area contributed by atoms with Crippen molar-refractivity contribution in [2.45, 2.75) is 19.6 Å². The van der Waals surface area contributed by atoms with E-state index in [1.54, 1.807) is 13.8 Å². The molecule has 2 rings (SSSR count). The lowest BCUT2D eigenvalue weighted by molar-refractivity contribution is -0.190. The van der Waals surface area contributed by atoms with Gasteiger partial charge in [-0.05, 0) is 6.92 Å². The van der Waals surface area contributed by atoms with Crippen molar-refractivity contribution >= 4 is 11.8 Å². The van der Waals surface area contributed by atoms with Gasteiger partial charge in [0.2, 0.25) is 11.8 Å². The molecule has 0 spiro atoms. The molecule has 0 aromatic carbocycles. The molecule has 1 N–H and O–H groups in total. The van der Waals surface area contributed by atoms with Crippen LogP contribution in [0.15, 0.2) is 0 Å². The lowest BCUT2D eigenvalue weighted by Gasteiger charge is -2.28. The first-order valence-electron chi connectivity index (χ1n) is 4.67. The zero-order valence-corrected chi connectivity index (χ0v) is 8.20. The normalized spacial score (nSPS) is 36.1. The van der Waals surface area contributed by atoms with Crippen molar-refractivity contribution < 1.29 is 19.1 Å². The fraction of sp³-hybridized carbons (Fsp3) is 0.778. The molecule has 14 heavy (non-hydrogen) atoms. The van der Waals surface area contributed by atoms with Gasteiger partial charge in [-0.1, -0.05) is 6.92 Å². The van der Waals surface area contributed by atoms with Crippen LogP contribution in [-0.4, -0.2) is 30.8 Å². The third kappa shape index (κ3) is 1.24. The van der Waals surface area contributed by atoms with Crippen molar-refractivity contribution in [2.75, 3.05) is 13.2 Å². The van der Waals surface area contributed by atoms with Crippen molar-refractivity contribution in [2.24, 2.45) is 11.8 Å². The van der Waals surface area contributed by atoms with Crippen LogP contribution < -0.4 is 5.32 Å². The van der Waals surface area contributed by atoms with Gasteiger partial charge in [-0.25, -0.2) is 0 Å². The Bertz CT molecular complexity index is 283. The minimum Gasteiger partial charge on any atom is -0.347 e. The molecule has 2 fully saturated rings. The Morgan fingerprint density at radius 3 is 2.29 bits per heavy atom. The Morgan fingerprint density at radius 1 is 1.29 bits per heavy atom. The van der Waals surface area contributed by atoms with E-state index in [-0.39, 0.29) is 17.7 Å².